The van der Waals surface area contributed by atoms with Gasteiger partial charge in [-0.15, -0.1) is 0 Å². The summed E-state index contributed by atoms with van der Waals surface area (Å²) in [6.07, 6.45) is 6.64. The molecule has 2 amide bonds. The van der Waals surface area contributed by atoms with Crippen LogP contribution in [0.2, 0.25) is 0 Å². The van der Waals surface area contributed by atoms with E-state index in [0.29, 0.717) is 81.6 Å². The van der Waals surface area contributed by atoms with E-state index in [1.165, 1.54) is 12.1 Å². The highest BCUT2D eigenvalue weighted by Gasteiger charge is 2.71. The number of hydrogen-bond acceptors (Lipinski definition) is 10. The van der Waals surface area contributed by atoms with Gasteiger partial charge in [-0.2, -0.15) is 23.5 Å². The summed E-state index contributed by atoms with van der Waals surface area (Å²) in [5.74, 6) is -0.795. The minimum Gasteiger partial charge on any atom is -0.377 e. The quantitative estimate of drug-likeness (QED) is 0.0913. The van der Waals surface area contributed by atoms with Gasteiger partial charge in [0.05, 0.1) is 74.9 Å². The molecule has 0 saturated heterocycles. The van der Waals surface area contributed by atoms with Crippen LogP contribution in [-0.2, 0) is 46.6 Å². The number of carbonyl (C=O) groups is 4. The summed E-state index contributed by atoms with van der Waals surface area (Å²) in [4.78, 5) is 56.0. The average Bonchev–Trinajstić information content (AvgIpc) is 4.05. The first-order valence-electron chi connectivity index (χ1n) is 26.9. The van der Waals surface area contributed by atoms with Gasteiger partial charge in [0.1, 0.15) is 6.07 Å². The number of hydrogen-bond donors (Lipinski definition) is 2. The zero-order valence-corrected chi connectivity index (χ0v) is 45.2. The first-order chi connectivity index (χ1) is 35.9. The van der Waals surface area contributed by atoms with Crippen molar-refractivity contribution in [3.05, 3.63) is 83.1 Å². The van der Waals surface area contributed by atoms with Gasteiger partial charge in [-0.3, -0.25) is 28.4 Å². The first-order valence-corrected chi connectivity index (χ1v) is 26.9. The van der Waals surface area contributed by atoms with E-state index in [9.17, 15) is 37.6 Å². The maximum absolute atomic E-state index is 14.9. The number of Topliss-reactive ketones (excluding diaryl/α,β-unsaturated/α-hetero) is 1. The number of allylic oxidation sites excluding steroid dienone is 4. The molecule has 14 nitrogen and oxygen atoms in total. The Labute approximate surface area is 443 Å². The molecule has 0 bridgehead atoms. The van der Waals surface area contributed by atoms with E-state index < -0.39 is 33.4 Å². The lowest BCUT2D eigenvalue weighted by atomic mass is 9.34. The third-order valence-corrected chi connectivity index (χ3v) is 18.8. The highest BCUT2D eigenvalue weighted by molar-refractivity contribution is 6.10. The number of carbonyl (C=O) groups excluding carboxylic acids is 4. The molecule has 17 heteroatoms. The minimum absolute atomic E-state index is 0.0101. The molecular weight excluding hydrogens is 978 g/mol. The molecule has 0 spiro atoms. The zero-order valence-electron chi connectivity index (χ0n) is 45.2. The van der Waals surface area contributed by atoms with Crippen molar-refractivity contribution in [1.82, 2.24) is 25.0 Å². The van der Waals surface area contributed by atoms with Gasteiger partial charge >= 0.3 is 6.18 Å². The van der Waals surface area contributed by atoms with E-state index in [1.54, 1.807) is 34.5 Å². The van der Waals surface area contributed by atoms with Crippen molar-refractivity contribution in [2.24, 2.45) is 57.3 Å². The molecule has 0 radical (unpaired) electrons. The lowest BCUT2D eigenvalue weighted by molar-refractivity contribution is -0.178. The molecule has 7 atom stereocenters. The molecule has 3 fully saturated rings. The molecule has 3 saturated carbocycles. The van der Waals surface area contributed by atoms with Gasteiger partial charge in [0, 0.05) is 65.1 Å². The lowest BCUT2D eigenvalue weighted by Gasteiger charge is -2.69. The Hall–Kier alpha value is -5.67. The van der Waals surface area contributed by atoms with Crippen molar-refractivity contribution < 1.29 is 51.3 Å². The normalized spacial score (nSPS) is 28.6. The van der Waals surface area contributed by atoms with E-state index >= 15 is 0 Å². The third-order valence-electron chi connectivity index (χ3n) is 18.8. The number of halogens is 3. The lowest BCUT2D eigenvalue weighted by Crippen LogP contribution is -2.66. The summed E-state index contributed by atoms with van der Waals surface area (Å²) < 4.78 is 65.9. The summed E-state index contributed by atoms with van der Waals surface area (Å²) >= 11 is 0. The number of ether oxygens (including phenoxy) is 4. The van der Waals surface area contributed by atoms with Gasteiger partial charge in [-0.05, 0) is 122 Å². The van der Waals surface area contributed by atoms with Crippen LogP contribution in [0.4, 0.5) is 13.2 Å². The topological polar surface area (TPSA) is 176 Å². The number of amides is 2. The Morgan fingerprint density at radius 3 is 2.05 bits per heavy atom. The number of nitrogens with zero attached hydrogens (tertiary/aromatic N) is 4. The first kappa shape index (κ1) is 55.1. The minimum atomic E-state index is -4.45. The molecule has 0 unspecified atom stereocenters. The fraction of sp³-hybridized carbons (Fsp3) is 0.593. The maximum atomic E-state index is 14.9. The number of fused-ring (bicyclic) bond motifs is 10. The summed E-state index contributed by atoms with van der Waals surface area (Å²) in [6.45, 7) is 18.5. The second-order valence-electron chi connectivity index (χ2n) is 24.0. The number of alkyl halides is 3. The molecule has 0 aliphatic heterocycles. The highest BCUT2D eigenvalue weighted by atomic mass is 19.4. The van der Waals surface area contributed by atoms with Crippen LogP contribution in [0, 0.1) is 61.6 Å². The van der Waals surface area contributed by atoms with Gasteiger partial charge in [-0.1, -0.05) is 60.1 Å². The van der Waals surface area contributed by atoms with E-state index in [-0.39, 0.29) is 70.7 Å². The van der Waals surface area contributed by atoms with Crippen LogP contribution in [0.25, 0.3) is 27.6 Å². The van der Waals surface area contributed by atoms with E-state index in [1.807, 2.05) is 32.2 Å². The van der Waals surface area contributed by atoms with Crippen LogP contribution in [0.5, 0.6) is 0 Å². The number of ketones is 2. The summed E-state index contributed by atoms with van der Waals surface area (Å²) in [7, 11) is 1.76. The van der Waals surface area contributed by atoms with Crippen LogP contribution in [0.15, 0.2) is 72.0 Å². The number of nitriles is 1. The third kappa shape index (κ3) is 9.63. The predicted octanol–water partition coefficient (Wildman–Crippen LogP) is 9.67. The molecule has 2 heterocycles. The Morgan fingerprint density at radius 2 is 1.42 bits per heavy atom. The van der Waals surface area contributed by atoms with Crippen molar-refractivity contribution >= 4 is 45.3 Å². The zero-order chi connectivity index (χ0) is 54.6. The number of nitrogens with one attached hydrogen (secondary N) is 2. The molecule has 408 valence electrons. The second-order valence-corrected chi connectivity index (χ2v) is 24.0. The number of benzene rings is 2. The molecule has 5 aliphatic carbocycles. The summed E-state index contributed by atoms with van der Waals surface area (Å²) in [6, 6.07) is 12.3. The standard InChI is InChI=1S/C59H73F3N6O8/c1-53(2)17-19-58(20-18-57(7)48(43(58)34-53)45(69)32-47-55(5)33-38(35-63)49(70)54(3,4)46(55)15-16-56(47,57)6)52(72)65-22-24-74-26-28-76-30-29-75-27-25-73-23-21-64-51(71)37-9-14-44-41(31-37)42-36-67(8)66-50(42)68(44)40-12-10-39(11-13-40)59(60,61)62/h9-14,31-33,36,43,46,48H,15-30,34H2,1-8H3,(H,64,71)(H,65,72)/t43-,46-,48-,55-,56+,57+,58-/m0/s1. The van der Waals surface area contributed by atoms with Crippen molar-refractivity contribution in [1.29, 1.82) is 5.26 Å². The van der Waals surface area contributed by atoms with Crippen molar-refractivity contribution in [3.8, 4) is 11.8 Å². The van der Waals surface area contributed by atoms with Crippen LogP contribution < -0.4 is 10.6 Å². The molecule has 2 aromatic heterocycles. The molecule has 4 aromatic rings. The fourth-order valence-electron chi connectivity index (χ4n) is 14.6. The second kappa shape index (κ2) is 20.6. The van der Waals surface area contributed by atoms with Crippen LogP contribution in [-0.4, -0.2) is 104 Å². The van der Waals surface area contributed by atoms with Crippen LogP contribution >= 0.6 is 0 Å². The van der Waals surface area contributed by atoms with Gasteiger partial charge in [0.25, 0.3) is 5.91 Å². The van der Waals surface area contributed by atoms with Crippen LogP contribution in [0.3, 0.4) is 0 Å². The van der Waals surface area contributed by atoms with E-state index in [0.717, 1.165) is 67.0 Å². The van der Waals surface area contributed by atoms with Crippen molar-refractivity contribution in [2.45, 2.75) is 99.6 Å². The predicted molar refractivity (Wildman–Crippen MR) is 280 cm³/mol. The van der Waals surface area contributed by atoms with Crippen molar-refractivity contribution in [3.63, 3.8) is 0 Å². The fourth-order valence-corrected chi connectivity index (χ4v) is 14.6. The van der Waals surface area contributed by atoms with Gasteiger partial charge in [-0.25, -0.2) is 0 Å². The summed E-state index contributed by atoms with van der Waals surface area (Å²) in [5, 5.41) is 22.2. The monoisotopic (exact) mass is 1050 g/mol. The number of aromatic nitrogens is 3. The van der Waals surface area contributed by atoms with E-state index in [4.69, 9.17) is 18.9 Å². The number of aryl methyl sites for hydroxylation is 1. The molecule has 76 heavy (non-hydrogen) atoms. The highest BCUT2D eigenvalue weighted by Crippen LogP contribution is 2.74. The Bertz CT molecular complexity index is 3020. The molecule has 5 aliphatic rings. The van der Waals surface area contributed by atoms with Crippen LogP contribution in [0.1, 0.15) is 109 Å². The Kier molecular flexibility index (Phi) is 14.9. The van der Waals surface area contributed by atoms with Gasteiger partial charge in [0.2, 0.25) is 5.91 Å². The number of rotatable bonds is 18. The smallest absolute Gasteiger partial charge is 0.377 e. The van der Waals surface area contributed by atoms with Gasteiger partial charge in [0.15, 0.2) is 17.2 Å². The van der Waals surface area contributed by atoms with Gasteiger partial charge < -0.3 is 29.6 Å². The average molecular weight is 1050 g/mol. The largest absolute Gasteiger partial charge is 0.416 e. The molecule has 2 aromatic carbocycles. The SMILES string of the molecule is Cn1cc2c3cc(C(=O)NCCOCCOCCOCCOCCNC(=O)[C@]45CCC(C)(C)C[C@H]4[C@H]4C(=O)C=C6[C@@]7(C)C=C(C#N)C(=O)C(C)(C)[C@@H]7CC[C@@]6(C)[C@]4(C)CC5)ccc3n(-c3ccc(C(F)(F)F)cc3)c2n1. The molecule has 2 N–H and O–H groups in total. The maximum Gasteiger partial charge on any atom is 0.416 e. The Morgan fingerprint density at radius 1 is 0.803 bits per heavy atom. The Balaban J connectivity index is 0.678. The summed E-state index contributed by atoms with van der Waals surface area (Å²) in [5.41, 5.74) is -0.0691. The van der Waals surface area contributed by atoms with E-state index in [2.05, 4.69) is 56.4 Å². The van der Waals surface area contributed by atoms with Crippen molar-refractivity contribution in [2.75, 3.05) is 65.9 Å². The molecular formula is C59H73F3N6O8. The molecule has 9 rings (SSSR count).